The Bertz CT molecular complexity index is 3530. The van der Waals surface area contributed by atoms with E-state index < -0.39 is 0 Å². The first kappa shape index (κ1) is 32.4. The van der Waals surface area contributed by atoms with Crippen molar-refractivity contribution >= 4 is 82.9 Å². The quantitative estimate of drug-likeness (QED) is 0.170. The number of nitrogens with zero attached hydrogens (tertiary/aromatic N) is 1. The summed E-state index contributed by atoms with van der Waals surface area (Å²) in [6.45, 7) is 0. The Hall–Kier alpha value is -7.82. The van der Waals surface area contributed by atoms with Crippen LogP contribution >= 0.6 is 0 Å². The molecule has 0 aliphatic rings. The molecule has 9 aromatic carbocycles. The molecule has 3 heterocycles. The summed E-state index contributed by atoms with van der Waals surface area (Å²) in [7, 11) is 0. The van der Waals surface area contributed by atoms with Crippen molar-refractivity contribution in [1.82, 2.24) is 0 Å². The summed E-state index contributed by atoms with van der Waals surface area (Å²) in [6, 6.07) is 70.4. The van der Waals surface area contributed by atoms with Crippen LogP contribution in [0.15, 0.2) is 213 Å². The Balaban J connectivity index is 1.00. The number of fused-ring (bicyclic) bond motifs is 9. The molecule has 0 amide bonds. The number of hydrogen-bond donors (Lipinski definition) is 0. The van der Waals surface area contributed by atoms with Gasteiger partial charge in [0.25, 0.3) is 0 Å². The van der Waals surface area contributed by atoms with Gasteiger partial charge in [0, 0.05) is 60.5 Å². The van der Waals surface area contributed by atoms with Gasteiger partial charge >= 0.3 is 0 Å². The highest BCUT2D eigenvalue weighted by Gasteiger charge is 2.19. The average Bonchev–Trinajstić information content (AvgIpc) is 3.98. The standard InChI is InChI=1S/C54H33NO3/c1-5-23-50-43(15-1)46-20-9-18-41(53(46)57-50)34-25-28-38(29-26-34)55(39-13-7-11-35(31-39)36-27-30-52-48(33-36)45-17-3-4-22-49(45)56-52)40-14-8-12-37(32-40)42-19-10-21-47-44-16-2-6-24-51(44)58-54(42)47/h1-33H. The molecule has 0 unspecified atom stereocenters. The Labute approximate surface area is 333 Å². The molecule has 0 radical (unpaired) electrons. The van der Waals surface area contributed by atoms with E-state index in [-0.39, 0.29) is 0 Å². The maximum atomic E-state index is 6.50. The maximum absolute atomic E-state index is 6.50. The van der Waals surface area contributed by atoms with Gasteiger partial charge in [-0.3, -0.25) is 0 Å². The van der Waals surface area contributed by atoms with Gasteiger partial charge in [0.05, 0.1) is 0 Å². The van der Waals surface area contributed by atoms with Gasteiger partial charge in [0.15, 0.2) is 0 Å². The van der Waals surface area contributed by atoms with Crippen LogP contribution in [0.1, 0.15) is 0 Å². The highest BCUT2D eigenvalue weighted by Crippen LogP contribution is 2.43. The summed E-state index contributed by atoms with van der Waals surface area (Å²) < 4.78 is 19.1. The first-order valence-corrected chi connectivity index (χ1v) is 19.6. The fourth-order valence-electron chi connectivity index (χ4n) is 8.73. The summed E-state index contributed by atoms with van der Waals surface area (Å²) in [5.41, 5.74) is 15.0. The van der Waals surface area contributed by atoms with Crippen LogP contribution in [-0.2, 0) is 0 Å². The van der Waals surface area contributed by atoms with Crippen LogP contribution in [0.3, 0.4) is 0 Å². The molecule has 0 aliphatic heterocycles. The first-order chi connectivity index (χ1) is 28.7. The third-order valence-corrected chi connectivity index (χ3v) is 11.5. The van der Waals surface area contributed by atoms with E-state index in [1.807, 2.05) is 36.4 Å². The lowest BCUT2D eigenvalue weighted by Gasteiger charge is -2.27. The lowest BCUT2D eigenvalue weighted by Crippen LogP contribution is -2.10. The van der Waals surface area contributed by atoms with E-state index in [2.05, 4.69) is 169 Å². The number of benzene rings is 9. The second kappa shape index (κ2) is 12.9. The molecule has 0 spiro atoms. The zero-order valence-electron chi connectivity index (χ0n) is 31.2. The van der Waals surface area contributed by atoms with E-state index in [4.69, 9.17) is 13.3 Å². The zero-order chi connectivity index (χ0) is 38.2. The van der Waals surface area contributed by atoms with Gasteiger partial charge in [0.2, 0.25) is 0 Å². The zero-order valence-corrected chi connectivity index (χ0v) is 31.2. The van der Waals surface area contributed by atoms with Crippen LogP contribution in [0.2, 0.25) is 0 Å². The van der Waals surface area contributed by atoms with Crippen LogP contribution in [0.25, 0.3) is 99.2 Å². The largest absolute Gasteiger partial charge is 0.456 e. The van der Waals surface area contributed by atoms with Gasteiger partial charge in [0.1, 0.15) is 33.5 Å². The predicted octanol–water partition coefficient (Wildman–Crippen LogP) is 15.9. The van der Waals surface area contributed by atoms with Crippen LogP contribution < -0.4 is 4.90 Å². The number of rotatable bonds is 6. The fraction of sp³-hybridized carbons (Fsp3) is 0. The molecular formula is C54H33NO3. The van der Waals surface area contributed by atoms with Crippen LogP contribution in [0.4, 0.5) is 17.1 Å². The van der Waals surface area contributed by atoms with Gasteiger partial charge in [-0.25, -0.2) is 0 Å². The van der Waals surface area contributed by atoms with Gasteiger partial charge in [-0.1, -0.05) is 133 Å². The average molecular weight is 744 g/mol. The Morgan fingerprint density at radius 2 is 0.707 bits per heavy atom. The third kappa shape index (κ3) is 5.16. The Morgan fingerprint density at radius 1 is 0.259 bits per heavy atom. The molecule has 0 saturated carbocycles. The molecule has 4 nitrogen and oxygen atoms in total. The van der Waals surface area contributed by atoms with Crippen molar-refractivity contribution in [2.24, 2.45) is 0 Å². The van der Waals surface area contributed by atoms with Gasteiger partial charge < -0.3 is 18.2 Å². The van der Waals surface area contributed by atoms with Crippen molar-refractivity contribution in [2.45, 2.75) is 0 Å². The predicted molar refractivity (Wildman–Crippen MR) is 239 cm³/mol. The van der Waals surface area contributed by atoms with Crippen LogP contribution in [0, 0.1) is 0 Å². The van der Waals surface area contributed by atoms with E-state index in [1.165, 1.54) is 0 Å². The van der Waals surface area contributed by atoms with Gasteiger partial charge in [-0.15, -0.1) is 0 Å². The van der Waals surface area contributed by atoms with Gasteiger partial charge in [-0.2, -0.15) is 0 Å². The van der Waals surface area contributed by atoms with E-state index in [0.717, 1.165) is 116 Å². The topological polar surface area (TPSA) is 42.7 Å². The third-order valence-electron chi connectivity index (χ3n) is 11.5. The molecule has 272 valence electrons. The summed E-state index contributed by atoms with van der Waals surface area (Å²) >= 11 is 0. The van der Waals surface area contributed by atoms with Crippen molar-refractivity contribution in [3.05, 3.63) is 200 Å². The molecule has 3 aromatic heterocycles. The van der Waals surface area contributed by atoms with Crippen molar-refractivity contribution in [2.75, 3.05) is 4.90 Å². The minimum Gasteiger partial charge on any atom is -0.456 e. The molecule has 0 N–H and O–H groups in total. The highest BCUT2D eigenvalue weighted by molar-refractivity contribution is 6.11. The van der Waals surface area contributed by atoms with E-state index in [1.54, 1.807) is 0 Å². The minimum absolute atomic E-state index is 0.887. The highest BCUT2D eigenvalue weighted by atomic mass is 16.3. The summed E-state index contributed by atoms with van der Waals surface area (Å²) in [5, 5.41) is 6.70. The molecule has 0 saturated heterocycles. The molecule has 58 heavy (non-hydrogen) atoms. The first-order valence-electron chi connectivity index (χ1n) is 19.6. The molecule has 12 rings (SSSR count). The fourth-order valence-corrected chi connectivity index (χ4v) is 8.73. The lowest BCUT2D eigenvalue weighted by molar-refractivity contribution is 0.669. The van der Waals surface area contributed by atoms with Crippen molar-refractivity contribution < 1.29 is 13.3 Å². The van der Waals surface area contributed by atoms with Crippen molar-refractivity contribution in [3.8, 4) is 33.4 Å². The van der Waals surface area contributed by atoms with Crippen LogP contribution in [-0.4, -0.2) is 0 Å². The monoisotopic (exact) mass is 743 g/mol. The number of anilines is 3. The van der Waals surface area contributed by atoms with E-state index in [0.29, 0.717) is 0 Å². The molecule has 0 bridgehead atoms. The molecule has 4 heteroatoms. The summed E-state index contributed by atoms with van der Waals surface area (Å²) in [6.07, 6.45) is 0. The summed E-state index contributed by atoms with van der Waals surface area (Å²) in [4.78, 5) is 2.34. The second-order valence-electron chi connectivity index (χ2n) is 14.9. The number of furan rings is 3. The Kier molecular flexibility index (Phi) is 7.20. The Morgan fingerprint density at radius 3 is 1.34 bits per heavy atom. The minimum atomic E-state index is 0.887. The van der Waals surface area contributed by atoms with Gasteiger partial charge in [-0.05, 0) is 89.0 Å². The number of hydrogen-bond acceptors (Lipinski definition) is 4. The van der Waals surface area contributed by atoms with E-state index >= 15 is 0 Å². The second-order valence-corrected chi connectivity index (χ2v) is 14.9. The SMILES string of the molecule is c1cc(-c2ccc3oc4ccccc4c3c2)cc(N(c2ccc(-c3cccc4c3oc3ccccc34)cc2)c2cccc(-c3cccc4c3oc3ccccc34)c2)c1. The summed E-state index contributed by atoms with van der Waals surface area (Å²) in [5.74, 6) is 0. The number of para-hydroxylation sites is 5. The normalized spacial score (nSPS) is 11.8. The van der Waals surface area contributed by atoms with Crippen LogP contribution in [0.5, 0.6) is 0 Å². The van der Waals surface area contributed by atoms with E-state index in [9.17, 15) is 0 Å². The maximum Gasteiger partial charge on any atom is 0.143 e. The molecule has 12 aromatic rings. The van der Waals surface area contributed by atoms with Crippen molar-refractivity contribution in [1.29, 1.82) is 0 Å². The smallest absolute Gasteiger partial charge is 0.143 e. The molecular weight excluding hydrogens is 711 g/mol. The van der Waals surface area contributed by atoms with Crippen molar-refractivity contribution in [3.63, 3.8) is 0 Å². The molecule has 0 fully saturated rings. The molecule has 0 atom stereocenters. The lowest BCUT2D eigenvalue weighted by atomic mass is 9.99. The molecule has 0 aliphatic carbocycles.